The maximum atomic E-state index is 4.76. The molecule has 1 fully saturated rings. The summed E-state index contributed by atoms with van der Waals surface area (Å²) in [4.78, 5) is 9.43. The van der Waals surface area contributed by atoms with Crippen molar-refractivity contribution in [2.75, 3.05) is 0 Å². The molecule has 0 radical (unpaired) electrons. The average Bonchev–Trinajstić information content (AvgIpc) is 3.25. The standard InChI is InChI=1S/C18H29N9/c1-11(2)17-22-15-8-7-14(10-27(15)25-17)21-18(20-13-5-6-13)19-9-16-24-23-12(3)26(16)4/h11,13-14H,5-10H2,1-4H3,(H2,19,20,21). The van der Waals surface area contributed by atoms with E-state index in [1.54, 1.807) is 0 Å². The molecule has 0 spiro atoms. The molecule has 0 amide bonds. The fourth-order valence-corrected chi connectivity index (χ4v) is 3.18. The van der Waals surface area contributed by atoms with Gasteiger partial charge in [-0.25, -0.2) is 14.7 Å². The lowest BCUT2D eigenvalue weighted by atomic mass is 10.1. The van der Waals surface area contributed by atoms with E-state index in [1.165, 1.54) is 12.8 Å². The molecule has 2 aliphatic rings. The third kappa shape index (κ3) is 4.12. The van der Waals surface area contributed by atoms with Gasteiger partial charge in [0.15, 0.2) is 17.6 Å². The second kappa shape index (κ2) is 7.28. The number of nitrogens with one attached hydrogen (secondary N) is 2. The molecule has 0 aromatic carbocycles. The molecule has 1 aliphatic carbocycles. The molecule has 146 valence electrons. The summed E-state index contributed by atoms with van der Waals surface area (Å²) in [5, 5.41) is 20.1. The average molecular weight is 371 g/mol. The monoisotopic (exact) mass is 371 g/mol. The number of aromatic nitrogens is 6. The van der Waals surface area contributed by atoms with Crippen LogP contribution in [0.25, 0.3) is 0 Å². The number of fused-ring (bicyclic) bond motifs is 1. The summed E-state index contributed by atoms with van der Waals surface area (Å²) < 4.78 is 4.03. The van der Waals surface area contributed by atoms with Crippen molar-refractivity contribution in [3.05, 3.63) is 23.3 Å². The van der Waals surface area contributed by atoms with Crippen LogP contribution < -0.4 is 10.6 Å². The Morgan fingerprint density at radius 1 is 1.19 bits per heavy atom. The van der Waals surface area contributed by atoms with Gasteiger partial charge in [0.1, 0.15) is 18.2 Å². The van der Waals surface area contributed by atoms with Gasteiger partial charge in [0.05, 0.1) is 6.54 Å². The number of aliphatic imine (C=N–C) groups is 1. The smallest absolute Gasteiger partial charge is 0.192 e. The van der Waals surface area contributed by atoms with Gasteiger partial charge in [0.25, 0.3) is 0 Å². The highest BCUT2D eigenvalue weighted by Gasteiger charge is 2.26. The maximum Gasteiger partial charge on any atom is 0.192 e. The summed E-state index contributed by atoms with van der Waals surface area (Å²) in [5.74, 6) is 5.02. The van der Waals surface area contributed by atoms with E-state index in [4.69, 9.17) is 4.99 Å². The first kappa shape index (κ1) is 17.9. The van der Waals surface area contributed by atoms with Gasteiger partial charge in [-0.2, -0.15) is 5.10 Å². The Morgan fingerprint density at radius 2 is 1.96 bits per heavy atom. The predicted molar refractivity (Wildman–Crippen MR) is 102 cm³/mol. The number of rotatable bonds is 5. The molecule has 2 aromatic heterocycles. The second-order valence-electron chi connectivity index (χ2n) is 7.91. The van der Waals surface area contributed by atoms with Crippen LogP contribution >= 0.6 is 0 Å². The van der Waals surface area contributed by atoms with E-state index in [0.717, 1.165) is 48.6 Å². The summed E-state index contributed by atoms with van der Waals surface area (Å²) in [6.45, 7) is 7.55. The number of hydrogen-bond acceptors (Lipinski definition) is 5. The van der Waals surface area contributed by atoms with Crippen LogP contribution in [0.2, 0.25) is 0 Å². The first-order valence-corrected chi connectivity index (χ1v) is 9.85. The minimum Gasteiger partial charge on any atom is -0.354 e. The molecule has 0 bridgehead atoms. The van der Waals surface area contributed by atoms with Crippen molar-refractivity contribution in [1.82, 2.24) is 40.2 Å². The Hall–Kier alpha value is -2.45. The van der Waals surface area contributed by atoms with E-state index in [-0.39, 0.29) is 0 Å². The fourth-order valence-electron chi connectivity index (χ4n) is 3.18. The molecule has 1 unspecified atom stereocenters. The second-order valence-corrected chi connectivity index (χ2v) is 7.91. The highest BCUT2D eigenvalue weighted by atomic mass is 15.4. The van der Waals surface area contributed by atoms with Crippen LogP contribution in [0.3, 0.4) is 0 Å². The highest BCUT2D eigenvalue weighted by molar-refractivity contribution is 5.80. The van der Waals surface area contributed by atoms with Gasteiger partial charge in [0, 0.05) is 31.5 Å². The SMILES string of the molecule is Cc1nnc(CN=C(NC2CC2)NC2CCc3nc(C(C)C)nn3C2)n1C. The van der Waals surface area contributed by atoms with Gasteiger partial charge in [-0.3, -0.25) is 0 Å². The summed E-state index contributed by atoms with van der Waals surface area (Å²) in [6.07, 6.45) is 4.39. The summed E-state index contributed by atoms with van der Waals surface area (Å²) in [7, 11) is 1.97. The lowest BCUT2D eigenvalue weighted by Gasteiger charge is -2.25. The molecule has 2 N–H and O–H groups in total. The van der Waals surface area contributed by atoms with Crippen LogP contribution in [0.4, 0.5) is 0 Å². The van der Waals surface area contributed by atoms with E-state index in [2.05, 4.69) is 49.4 Å². The van der Waals surface area contributed by atoms with Crippen molar-refractivity contribution in [3.8, 4) is 0 Å². The molecular formula is C18H29N9. The van der Waals surface area contributed by atoms with E-state index in [0.29, 0.717) is 24.5 Å². The molecule has 0 saturated heterocycles. The van der Waals surface area contributed by atoms with Gasteiger partial charge in [-0.05, 0) is 26.2 Å². The number of nitrogens with zero attached hydrogens (tertiary/aromatic N) is 7. The maximum absolute atomic E-state index is 4.76. The topological polar surface area (TPSA) is 97.8 Å². The molecule has 9 nitrogen and oxygen atoms in total. The molecule has 3 heterocycles. The summed E-state index contributed by atoms with van der Waals surface area (Å²) in [5.41, 5.74) is 0. The molecule has 1 atom stereocenters. The Kier molecular flexibility index (Phi) is 4.84. The van der Waals surface area contributed by atoms with Crippen molar-refractivity contribution >= 4 is 5.96 Å². The van der Waals surface area contributed by atoms with Gasteiger partial charge in [-0.1, -0.05) is 13.8 Å². The van der Waals surface area contributed by atoms with Gasteiger partial charge in [-0.15, -0.1) is 10.2 Å². The summed E-state index contributed by atoms with van der Waals surface area (Å²) >= 11 is 0. The summed E-state index contributed by atoms with van der Waals surface area (Å²) in [6, 6.07) is 0.834. The zero-order valence-electron chi connectivity index (χ0n) is 16.6. The Bertz CT molecular complexity index is 828. The van der Waals surface area contributed by atoms with Crippen LogP contribution in [0.15, 0.2) is 4.99 Å². The van der Waals surface area contributed by atoms with Crippen molar-refractivity contribution in [3.63, 3.8) is 0 Å². The molecule has 1 aliphatic heterocycles. The Morgan fingerprint density at radius 3 is 2.63 bits per heavy atom. The van der Waals surface area contributed by atoms with Gasteiger partial charge in [0.2, 0.25) is 0 Å². The largest absolute Gasteiger partial charge is 0.354 e. The predicted octanol–water partition coefficient (Wildman–Crippen LogP) is 1.05. The molecule has 1 saturated carbocycles. The lowest BCUT2D eigenvalue weighted by molar-refractivity contribution is 0.391. The van der Waals surface area contributed by atoms with Crippen LogP contribution in [-0.2, 0) is 26.6 Å². The first-order valence-electron chi connectivity index (χ1n) is 9.85. The highest BCUT2D eigenvalue weighted by Crippen LogP contribution is 2.19. The number of guanidine groups is 1. The van der Waals surface area contributed by atoms with E-state index < -0.39 is 0 Å². The van der Waals surface area contributed by atoms with Crippen molar-refractivity contribution < 1.29 is 0 Å². The Labute approximate surface area is 159 Å². The number of hydrogen-bond donors (Lipinski definition) is 2. The number of aryl methyl sites for hydroxylation is 2. The molecular weight excluding hydrogens is 342 g/mol. The minimum absolute atomic E-state index is 0.297. The van der Waals surface area contributed by atoms with Crippen LogP contribution in [0.5, 0.6) is 0 Å². The fraction of sp³-hybridized carbons (Fsp3) is 0.722. The molecule has 2 aromatic rings. The van der Waals surface area contributed by atoms with E-state index in [1.807, 2.05) is 18.5 Å². The van der Waals surface area contributed by atoms with Gasteiger partial charge >= 0.3 is 0 Å². The molecule has 9 heteroatoms. The quantitative estimate of drug-likeness (QED) is 0.602. The van der Waals surface area contributed by atoms with Gasteiger partial charge < -0.3 is 15.2 Å². The van der Waals surface area contributed by atoms with Crippen LogP contribution in [0.1, 0.15) is 62.3 Å². The van der Waals surface area contributed by atoms with E-state index >= 15 is 0 Å². The molecule has 4 rings (SSSR count). The Balaban J connectivity index is 1.43. The third-order valence-corrected chi connectivity index (χ3v) is 5.21. The van der Waals surface area contributed by atoms with Crippen LogP contribution in [0, 0.1) is 6.92 Å². The zero-order valence-corrected chi connectivity index (χ0v) is 16.6. The van der Waals surface area contributed by atoms with Crippen molar-refractivity contribution in [2.45, 2.75) is 77.5 Å². The molecule has 27 heavy (non-hydrogen) atoms. The van der Waals surface area contributed by atoms with E-state index in [9.17, 15) is 0 Å². The lowest BCUT2D eigenvalue weighted by Crippen LogP contribution is -2.47. The van der Waals surface area contributed by atoms with Crippen LogP contribution in [-0.4, -0.2) is 47.6 Å². The first-order chi connectivity index (χ1) is 13.0. The minimum atomic E-state index is 0.297. The third-order valence-electron chi connectivity index (χ3n) is 5.21. The zero-order chi connectivity index (χ0) is 19.0. The van der Waals surface area contributed by atoms with Crippen molar-refractivity contribution in [1.29, 1.82) is 0 Å². The normalized spacial score (nSPS) is 20.0. The van der Waals surface area contributed by atoms with Crippen molar-refractivity contribution in [2.24, 2.45) is 12.0 Å².